The Morgan fingerprint density at radius 1 is 0.333 bits per heavy atom. The van der Waals surface area contributed by atoms with Crippen molar-refractivity contribution >= 4 is 17.3 Å². The summed E-state index contributed by atoms with van der Waals surface area (Å²) in [6, 6.07) is 0. The Kier molecular flexibility index (Phi) is 50.8. The van der Waals surface area contributed by atoms with E-state index < -0.39 is 0 Å². The zero-order chi connectivity index (χ0) is 59.9. The standard InChI is InChI=1S/2C8H13N4.2C8H12N4.3C5H8O2.3C3H8.3Os/c4*1-9-3-5-11(7-9)12-6-4-10(2)8-12;3*1-4(6)3-5(2)7;3*1-3-2;;;/h2*3-7H,8H2,1-2H3;2*3-8H,1-2H3;3*3,6H,1-2H3;3*3H2,1-2H3;;;/q2*-1;2*-2;;;;;;;3*+2. The fourth-order valence-corrected chi connectivity index (χ4v) is 5.68. The minimum Gasteiger partial charge on any atom is -0.512 e. The summed E-state index contributed by atoms with van der Waals surface area (Å²) in [7, 11) is 16.1. The zero-order valence-electron chi connectivity index (χ0n) is 51.8. The van der Waals surface area contributed by atoms with Gasteiger partial charge in [-0.1, -0.05) is 60.8 Å². The van der Waals surface area contributed by atoms with E-state index in [-0.39, 0.29) is 94.0 Å². The van der Waals surface area contributed by atoms with Crippen LogP contribution < -0.4 is 0 Å². The van der Waals surface area contributed by atoms with Crippen LogP contribution in [0.1, 0.15) is 102 Å². The first-order valence-electron chi connectivity index (χ1n) is 25.8. The van der Waals surface area contributed by atoms with Crippen LogP contribution in [0.4, 0.5) is 0 Å². The molecule has 8 aliphatic heterocycles. The van der Waals surface area contributed by atoms with Crippen LogP contribution in [0.15, 0.2) is 135 Å². The molecular formula is C56H98N16O6Os3. The Morgan fingerprint density at radius 2 is 0.506 bits per heavy atom. The molecule has 0 spiro atoms. The summed E-state index contributed by atoms with van der Waals surface area (Å²) >= 11 is 0. The molecule has 0 saturated heterocycles. The first-order chi connectivity index (χ1) is 36.6. The normalized spacial score (nSPS) is 16.6. The number of aliphatic hydroxyl groups excluding tert-OH is 3. The Labute approximate surface area is 529 Å². The van der Waals surface area contributed by atoms with Gasteiger partial charge in [0.25, 0.3) is 0 Å². The number of aliphatic hydroxyl groups is 3. The number of hydrogen-bond donors (Lipinski definition) is 3. The minimum atomic E-state index is -0.125. The molecular weight excluding hydrogens is 1560 g/mol. The van der Waals surface area contributed by atoms with Gasteiger partial charge in [0.1, 0.15) is 13.3 Å². The number of hydrogen-bond acceptors (Lipinski definition) is 22. The topological polar surface area (TPSA) is 164 Å². The maximum absolute atomic E-state index is 10.0. The number of carbonyl (C=O) groups is 3. The zero-order valence-corrected chi connectivity index (χ0v) is 59.4. The Morgan fingerprint density at radius 3 is 0.605 bits per heavy atom. The van der Waals surface area contributed by atoms with Crippen molar-refractivity contribution in [2.75, 3.05) is 69.7 Å². The number of hydrazine groups is 4. The van der Waals surface area contributed by atoms with E-state index in [4.69, 9.17) is 15.3 Å². The van der Waals surface area contributed by atoms with Gasteiger partial charge in [0.05, 0.1) is 17.3 Å². The summed E-state index contributed by atoms with van der Waals surface area (Å²) in [5, 5.41) is 41.5. The van der Waals surface area contributed by atoms with E-state index in [0.29, 0.717) is 0 Å². The maximum atomic E-state index is 10.0. The molecule has 0 amide bonds. The Balaban J connectivity index is -0.000000272. The maximum Gasteiger partial charge on any atom is 2.00 e. The molecule has 3 N–H and O–H groups in total. The molecule has 8 aliphatic rings. The molecule has 8 rings (SSSR count). The fraction of sp³-hybridized carbons (Fsp3) is 0.446. The number of ketones is 3. The molecule has 22 nitrogen and oxygen atoms in total. The van der Waals surface area contributed by atoms with Crippen LogP contribution in [0, 0.1) is 40.0 Å². The van der Waals surface area contributed by atoms with Crippen molar-refractivity contribution in [1.82, 2.24) is 79.3 Å². The molecule has 0 fully saturated rings. The fourth-order valence-electron chi connectivity index (χ4n) is 5.68. The van der Waals surface area contributed by atoms with Gasteiger partial charge in [-0.25, -0.2) is 0 Å². The quantitative estimate of drug-likeness (QED) is 0.125. The van der Waals surface area contributed by atoms with Crippen molar-refractivity contribution in [3.05, 3.63) is 175 Å². The SMILES string of the molecule is CC(=O)C=C(C)O.CC(=O)C=C(C)O.CC(=O)C=C(C)O.CCC.CCC.CCC.CN1C=CN(N2C=CN(C)C2)[CH-]1.CN1C=CN(N2C=CN(C)C2)[CH-]1.CN1C=CN(N2C=CN(C)[CH-]2)[CH-]1.CN1C=CN(N2C=CN(C)[CH-]2)[CH-]1.[Os+2].[Os+2].[Os+2]. The van der Waals surface area contributed by atoms with Crippen LogP contribution >= 0.6 is 0 Å². The molecule has 0 aromatic rings. The van der Waals surface area contributed by atoms with Crippen molar-refractivity contribution < 1.29 is 89.1 Å². The van der Waals surface area contributed by atoms with E-state index in [1.807, 2.05) is 206 Å². The molecule has 0 unspecified atom stereocenters. The van der Waals surface area contributed by atoms with Gasteiger partial charge in [-0.2, -0.15) is 0 Å². The van der Waals surface area contributed by atoms with Crippen LogP contribution in [-0.4, -0.2) is 182 Å². The van der Waals surface area contributed by atoms with Crippen molar-refractivity contribution in [2.45, 2.75) is 102 Å². The van der Waals surface area contributed by atoms with Gasteiger partial charge in [0.15, 0.2) is 17.3 Å². The molecule has 81 heavy (non-hydrogen) atoms. The number of rotatable bonds is 7. The van der Waals surface area contributed by atoms with Gasteiger partial charge in [0, 0.05) is 94.3 Å². The summed E-state index contributed by atoms with van der Waals surface area (Å²) in [6.45, 7) is 35.2. The summed E-state index contributed by atoms with van der Waals surface area (Å²) in [4.78, 5) is 46.3. The number of nitrogens with zero attached hydrogens (tertiary/aromatic N) is 16. The van der Waals surface area contributed by atoms with Crippen LogP contribution in [0.2, 0.25) is 0 Å². The van der Waals surface area contributed by atoms with Gasteiger partial charge in [-0.3, -0.25) is 24.4 Å². The van der Waals surface area contributed by atoms with Crippen LogP contribution in [0.5, 0.6) is 0 Å². The van der Waals surface area contributed by atoms with Crippen LogP contribution in [0.25, 0.3) is 0 Å². The first-order valence-corrected chi connectivity index (χ1v) is 25.8. The average Bonchev–Trinajstić information content (AvgIpc) is 4.18. The van der Waals surface area contributed by atoms with E-state index in [9.17, 15) is 14.4 Å². The predicted octanol–water partition coefficient (Wildman–Crippen LogP) is 9.34. The van der Waals surface area contributed by atoms with Gasteiger partial charge >= 0.3 is 59.4 Å². The molecule has 0 aromatic heterocycles. The molecule has 0 bridgehead atoms. The average molecular weight is 1660 g/mol. The third-order valence-corrected chi connectivity index (χ3v) is 8.62. The van der Waals surface area contributed by atoms with E-state index in [2.05, 4.69) is 110 Å². The van der Waals surface area contributed by atoms with Crippen molar-refractivity contribution in [2.24, 2.45) is 0 Å². The Bertz CT molecular complexity index is 1680. The number of allylic oxidation sites excluding steroid dienone is 6. The van der Waals surface area contributed by atoms with E-state index in [1.165, 1.54) is 79.0 Å². The van der Waals surface area contributed by atoms with E-state index in [1.54, 1.807) is 0 Å². The van der Waals surface area contributed by atoms with E-state index >= 15 is 0 Å². The molecule has 0 aliphatic carbocycles. The minimum absolute atomic E-state index is 0. The second kappa shape index (κ2) is 48.9. The molecule has 8 heterocycles. The van der Waals surface area contributed by atoms with Gasteiger partial charge in [-0.05, 0) is 121 Å². The third-order valence-electron chi connectivity index (χ3n) is 8.62. The predicted molar refractivity (Wildman–Crippen MR) is 315 cm³/mol. The van der Waals surface area contributed by atoms with E-state index in [0.717, 1.165) is 13.3 Å². The van der Waals surface area contributed by atoms with Crippen molar-refractivity contribution in [3.63, 3.8) is 0 Å². The summed E-state index contributed by atoms with van der Waals surface area (Å²) in [6.07, 6.45) is 39.6. The van der Waals surface area contributed by atoms with Gasteiger partial charge in [0.2, 0.25) is 0 Å². The summed E-state index contributed by atoms with van der Waals surface area (Å²) in [5.41, 5.74) is 0. The van der Waals surface area contributed by atoms with Crippen LogP contribution in [0.3, 0.4) is 0 Å². The first kappa shape index (κ1) is 84.1. The summed E-state index contributed by atoms with van der Waals surface area (Å²) in [5.74, 6) is -0.187. The van der Waals surface area contributed by atoms with Gasteiger partial charge < -0.3 is 84.6 Å². The molecule has 0 radical (unpaired) electrons. The summed E-state index contributed by atoms with van der Waals surface area (Å²) < 4.78 is 0. The second-order valence-corrected chi connectivity index (χ2v) is 18.3. The molecule has 462 valence electrons. The smallest absolute Gasteiger partial charge is 0.512 e. The molecule has 0 aromatic carbocycles. The van der Waals surface area contributed by atoms with Gasteiger partial charge in [-0.15, -0.1) is 40.0 Å². The number of carbonyl (C=O) groups excluding carboxylic acids is 3. The van der Waals surface area contributed by atoms with Crippen LogP contribution in [-0.2, 0) is 73.8 Å². The Hall–Kier alpha value is -5.74. The molecule has 0 saturated carbocycles. The second-order valence-electron chi connectivity index (χ2n) is 18.3. The third kappa shape index (κ3) is 43.6. The van der Waals surface area contributed by atoms with Crippen molar-refractivity contribution in [1.29, 1.82) is 0 Å². The monoisotopic (exact) mass is 1670 g/mol. The largest absolute Gasteiger partial charge is 2.00 e. The molecule has 25 heteroatoms. The molecule has 0 atom stereocenters. The van der Waals surface area contributed by atoms with Crippen molar-refractivity contribution in [3.8, 4) is 0 Å².